The smallest absolute Gasteiger partial charge is 0.168 e. The van der Waals surface area contributed by atoms with Gasteiger partial charge in [-0.25, -0.2) is 4.39 Å². The summed E-state index contributed by atoms with van der Waals surface area (Å²) in [7, 11) is 2.06. The molecule has 1 saturated heterocycles. The summed E-state index contributed by atoms with van der Waals surface area (Å²) < 4.78 is 14.0. The van der Waals surface area contributed by atoms with Crippen LogP contribution < -0.4 is 16.0 Å². The highest BCUT2D eigenvalue weighted by Crippen LogP contribution is 2.29. The van der Waals surface area contributed by atoms with E-state index in [1.165, 1.54) is 6.07 Å². The topological polar surface area (TPSA) is 44.5 Å². The normalized spacial score (nSPS) is 16.7. The van der Waals surface area contributed by atoms with E-state index in [2.05, 4.69) is 17.3 Å². The number of likely N-dealkylation sites (N-methyl/N-ethyl adjacent to an activating group) is 1. The molecular weight excluding hydrogens is 251 g/mol. The summed E-state index contributed by atoms with van der Waals surface area (Å²) in [5, 5.41) is 2.99. The first kappa shape index (κ1) is 13.0. The second-order valence-corrected chi connectivity index (χ2v) is 4.86. The number of anilines is 2. The molecule has 0 atom stereocenters. The van der Waals surface area contributed by atoms with Gasteiger partial charge >= 0.3 is 0 Å². The maximum atomic E-state index is 14.0. The van der Waals surface area contributed by atoms with Crippen molar-refractivity contribution in [3.63, 3.8) is 0 Å². The number of para-hydroxylation sites is 1. The Morgan fingerprint density at radius 3 is 2.61 bits per heavy atom. The van der Waals surface area contributed by atoms with Crippen LogP contribution in [0, 0.1) is 5.82 Å². The van der Waals surface area contributed by atoms with Gasteiger partial charge in [0.25, 0.3) is 0 Å². The fourth-order valence-electron chi connectivity index (χ4n) is 2.10. The van der Waals surface area contributed by atoms with Gasteiger partial charge in [0.05, 0.1) is 11.4 Å². The van der Waals surface area contributed by atoms with Crippen molar-refractivity contribution >= 4 is 28.7 Å². The fourth-order valence-corrected chi connectivity index (χ4v) is 2.21. The highest BCUT2D eigenvalue weighted by molar-refractivity contribution is 7.80. The van der Waals surface area contributed by atoms with Crippen LogP contribution in [0.1, 0.15) is 0 Å². The quantitative estimate of drug-likeness (QED) is 0.790. The number of nitrogens with one attached hydrogen (secondary N) is 1. The molecule has 0 aromatic heterocycles. The second-order valence-electron chi connectivity index (χ2n) is 4.42. The fraction of sp³-hybridized carbons (Fsp3) is 0.417. The first-order valence-electron chi connectivity index (χ1n) is 5.86. The average Bonchev–Trinajstić information content (AvgIpc) is 2.30. The van der Waals surface area contributed by atoms with Gasteiger partial charge in [-0.15, -0.1) is 0 Å². The van der Waals surface area contributed by atoms with Crippen molar-refractivity contribution in [1.29, 1.82) is 0 Å². The molecule has 0 bridgehead atoms. The molecule has 0 unspecified atom stereocenters. The highest BCUT2D eigenvalue weighted by atomic mass is 32.1. The molecule has 1 aliphatic rings. The summed E-state index contributed by atoms with van der Waals surface area (Å²) in [5.74, 6) is -0.249. The van der Waals surface area contributed by atoms with E-state index in [0.717, 1.165) is 26.2 Å². The molecule has 1 aliphatic heterocycles. The number of nitrogens with zero attached hydrogens (tertiary/aromatic N) is 2. The van der Waals surface area contributed by atoms with Crippen LogP contribution in [-0.2, 0) is 0 Å². The van der Waals surface area contributed by atoms with Crippen molar-refractivity contribution < 1.29 is 4.39 Å². The third-order valence-corrected chi connectivity index (χ3v) is 3.17. The Morgan fingerprint density at radius 1 is 1.33 bits per heavy atom. The van der Waals surface area contributed by atoms with E-state index >= 15 is 0 Å². The maximum absolute atomic E-state index is 14.0. The number of nitrogens with two attached hydrogens (primary N) is 1. The molecule has 1 aromatic carbocycles. The Bertz CT molecular complexity index is 444. The lowest BCUT2D eigenvalue weighted by molar-refractivity contribution is 0.312. The molecule has 0 amide bonds. The van der Waals surface area contributed by atoms with E-state index in [0.29, 0.717) is 11.4 Å². The highest BCUT2D eigenvalue weighted by Gasteiger charge is 2.20. The number of piperazine rings is 1. The number of rotatable bonds is 2. The standard InChI is InChI=1S/C12H17FN4S/c1-16-5-7-17(8-6-16)11-9(13)3-2-4-10(11)15-12(14)18/h2-4H,5-8H2,1H3,(H3,14,15,18). The van der Waals surface area contributed by atoms with Gasteiger partial charge in [0, 0.05) is 26.2 Å². The van der Waals surface area contributed by atoms with Gasteiger partial charge < -0.3 is 20.9 Å². The van der Waals surface area contributed by atoms with E-state index < -0.39 is 0 Å². The van der Waals surface area contributed by atoms with Crippen molar-refractivity contribution in [3.05, 3.63) is 24.0 Å². The van der Waals surface area contributed by atoms with Crippen molar-refractivity contribution in [2.24, 2.45) is 5.73 Å². The number of hydrogen-bond donors (Lipinski definition) is 2. The molecule has 6 heteroatoms. The number of hydrogen-bond acceptors (Lipinski definition) is 3. The van der Waals surface area contributed by atoms with Gasteiger partial charge in [0.2, 0.25) is 0 Å². The third kappa shape index (κ3) is 2.88. The molecule has 0 aliphatic carbocycles. The molecule has 1 heterocycles. The number of halogens is 1. The molecule has 18 heavy (non-hydrogen) atoms. The predicted molar refractivity (Wildman–Crippen MR) is 76.5 cm³/mol. The average molecular weight is 268 g/mol. The summed E-state index contributed by atoms with van der Waals surface area (Å²) in [6.45, 7) is 3.43. The molecule has 4 nitrogen and oxygen atoms in total. The maximum Gasteiger partial charge on any atom is 0.168 e. The molecular formula is C12H17FN4S. The lowest BCUT2D eigenvalue weighted by atomic mass is 10.2. The summed E-state index contributed by atoms with van der Waals surface area (Å²) in [6.07, 6.45) is 0. The lowest BCUT2D eigenvalue weighted by Gasteiger charge is -2.35. The zero-order valence-electron chi connectivity index (χ0n) is 10.3. The minimum Gasteiger partial charge on any atom is -0.376 e. The Balaban J connectivity index is 2.27. The van der Waals surface area contributed by atoms with E-state index in [4.69, 9.17) is 18.0 Å². The first-order valence-corrected chi connectivity index (χ1v) is 6.27. The van der Waals surface area contributed by atoms with Gasteiger partial charge in [-0.05, 0) is 31.4 Å². The zero-order valence-corrected chi connectivity index (χ0v) is 11.1. The minimum atomic E-state index is -0.249. The Hall–Kier alpha value is -1.40. The Morgan fingerprint density at radius 2 is 2.00 bits per heavy atom. The summed E-state index contributed by atoms with van der Waals surface area (Å²) in [6, 6.07) is 4.89. The molecule has 1 fully saturated rings. The zero-order chi connectivity index (χ0) is 13.1. The molecule has 0 saturated carbocycles. The molecule has 0 radical (unpaired) electrons. The van der Waals surface area contributed by atoms with Gasteiger partial charge in [-0.2, -0.15) is 0 Å². The molecule has 98 valence electrons. The summed E-state index contributed by atoms with van der Waals surface area (Å²) in [4.78, 5) is 4.24. The van der Waals surface area contributed by atoms with E-state index in [-0.39, 0.29) is 10.9 Å². The predicted octanol–water partition coefficient (Wildman–Crippen LogP) is 1.23. The van der Waals surface area contributed by atoms with Crippen LogP contribution in [0.4, 0.5) is 15.8 Å². The van der Waals surface area contributed by atoms with Crippen LogP contribution in [0.15, 0.2) is 18.2 Å². The van der Waals surface area contributed by atoms with Gasteiger partial charge in [-0.1, -0.05) is 6.07 Å². The van der Waals surface area contributed by atoms with Crippen molar-refractivity contribution in [2.75, 3.05) is 43.4 Å². The van der Waals surface area contributed by atoms with Crippen molar-refractivity contribution in [1.82, 2.24) is 4.90 Å². The van der Waals surface area contributed by atoms with E-state index in [1.54, 1.807) is 12.1 Å². The minimum absolute atomic E-state index is 0.149. The van der Waals surface area contributed by atoms with Crippen molar-refractivity contribution in [2.45, 2.75) is 0 Å². The summed E-state index contributed by atoms with van der Waals surface area (Å²) in [5.41, 5.74) is 6.65. The van der Waals surface area contributed by atoms with Crippen LogP contribution in [-0.4, -0.2) is 43.2 Å². The van der Waals surface area contributed by atoms with Gasteiger partial charge in [0.1, 0.15) is 5.82 Å². The van der Waals surface area contributed by atoms with E-state index in [9.17, 15) is 4.39 Å². The first-order chi connectivity index (χ1) is 8.58. The van der Waals surface area contributed by atoms with Crippen LogP contribution in [0.25, 0.3) is 0 Å². The molecule has 1 aromatic rings. The van der Waals surface area contributed by atoms with Crippen molar-refractivity contribution in [3.8, 4) is 0 Å². The van der Waals surface area contributed by atoms with Crippen LogP contribution in [0.3, 0.4) is 0 Å². The third-order valence-electron chi connectivity index (χ3n) is 3.06. The SMILES string of the molecule is CN1CCN(c2c(F)cccc2NC(N)=S)CC1. The Labute approximate surface area is 112 Å². The van der Waals surface area contributed by atoms with E-state index in [1.807, 2.05) is 4.90 Å². The number of benzene rings is 1. The Kier molecular flexibility index (Phi) is 3.98. The van der Waals surface area contributed by atoms with Crippen LogP contribution in [0.5, 0.6) is 0 Å². The van der Waals surface area contributed by atoms with Crippen LogP contribution >= 0.6 is 12.2 Å². The van der Waals surface area contributed by atoms with Gasteiger partial charge in [-0.3, -0.25) is 0 Å². The number of thiocarbonyl (C=S) groups is 1. The second kappa shape index (κ2) is 5.49. The monoisotopic (exact) mass is 268 g/mol. The molecule has 0 spiro atoms. The van der Waals surface area contributed by atoms with Gasteiger partial charge in [0.15, 0.2) is 5.11 Å². The largest absolute Gasteiger partial charge is 0.376 e. The molecule has 3 N–H and O–H groups in total. The lowest BCUT2D eigenvalue weighted by Crippen LogP contribution is -2.45. The van der Waals surface area contributed by atoms with Crippen LogP contribution in [0.2, 0.25) is 0 Å². The summed E-state index contributed by atoms with van der Waals surface area (Å²) >= 11 is 4.82. The molecule has 2 rings (SSSR count).